The van der Waals surface area contributed by atoms with Crippen LogP contribution in [0.4, 0.5) is 0 Å². The first kappa shape index (κ1) is 10.9. The first-order chi connectivity index (χ1) is 5.97. The molecule has 0 aromatic carbocycles. The van der Waals surface area contributed by atoms with Gasteiger partial charge in [-0.1, -0.05) is 0 Å². The second-order valence-electron chi connectivity index (χ2n) is 4.29. The molecule has 1 saturated heterocycles. The summed E-state index contributed by atoms with van der Waals surface area (Å²) >= 11 is 0. The van der Waals surface area contributed by atoms with Crippen LogP contribution in [0.2, 0.25) is 0 Å². The third-order valence-electron chi connectivity index (χ3n) is 1.65. The van der Waals surface area contributed by atoms with Crippen LogP contribution in [0, 0.1) is 0 Å². The molecule has 1 aliphatic rings. The standard InChI is InChI=1S/C9H20N2O2/c1-8(2,3)13-9(7-12-9)11-6-5-10-4/h10-11H,5-7H2,1-4H3. The van der Waals surface area contributed by atoms with Crippen LogP contribution in [0.5, 0.6) is 0 Å². The molecule has 0 bridgehead atoms. The first-order valence-electron chi connectivity index (χ1n) is 4.71. The van der Waals surface area contributed by atoms with E-state index in [1.807, 2.05) is 27.8 Å². The molecule has 0 saturated carbocycles. The lowest BCUT2D eigenvalue weighted by molar-refractivity contribution is -0.143. The molecule has 13 heavy (non-hydrogen) atoms. The summed E-state index contributed by atoms with van der Waals surface area (Å²) in [4.78, 5) is 0. The Morgan fingerprint density at radius 1 is 1.38 bits per heavy atom. The maximum absolute atomic E-state index is 5.72. The van der Waals surface area contributed by atoms with Crippen molar-refractivity contribution < 1.29 is 9.47 Å². The number of rotatable bonds is 5. The van der Waals surface area contributed by atoms with Gasteiger partial charge in [-0.25, -0.2) is 0 Å². The Balaban J connectivity index is 2.23. The van der Waals surface area contributed by atoms with Crippen LogP contribution in [0.1, 0.15) is 20.8 Å². The van der Waals surface area contributed by atoms with Crippen molar-refractivity contribution in [1.82, 2.24) is 10.6 Å². The van der Waals surface area contributed by atoms with Crippen molar-refractivity contribution in [2.45, 2.75) is 32.3 Å². The van der Waals surface area contributed by atoms with E-state index in [9.17, 15) is 0 Å². The van der Waals surface area contributed by atoms with Crippen LogP contribution in [0.3, 0.4) is 0 Å². The molecule has 0 radical (unpaired) electrons. The molecule has 0 aromatic rings. The smallest absolute Gasteiger partial charge is 0.253 e. The number of likely N-dealkylation sites (N-methyl/N-ethyl adjacent to an activating group) is 1. The molecule has 0 amide bonds. The molecule has 1 atom stereocenters. The zero-order valence-corrected chi connectivity index (χ0v) is 8.94. The van der Waals surface area contributed by atoms with Crippen molar-refractivity contribution in [1.29, 1.82) is 0 Å². The lowest BCUT2D eigenvalue weighted by atomic mass is 10.2. The summed E-state index contributed by atoms with van der Waals surface area (Å²) in [6.07, 6.45) is 0. The van der Waals surface area contributed by atoms with E-state index in [4.69, 9.17) is 9.47 Å². The predicted molar refractivity (Wildman–Crippen MR) is 51.5 cm³/mol. The molecule has 78 valence electrons. The van der Waals surface area contributed by atoms with E-state index < -0.39 is 5.91 Å². The van der Waals surface area contributed by atoms with E-state index in [1.165, 1.54) is 0 Å². The molecule has 0 aromatic heterocycles. The van der Waals surface area contributed by atoms with Gasteiger partial charge < -0.3 is 14.8 Å². The van der Waals surface area contributed by atoms with Crippen molar-refractivity contribution >= 4 is 0 Å². The molecule has 1 aliphatic heterocycles. The molecule has 1 heterocycles. The Bertz CT molecular complexity index is 161. The SMILES string of the molecule is CNCCNC1(OC(C)(C)C)CO1. The van der Waals surface area contributed by atoms with E-state index in [2.05, 4.69) is 10.6 Å². The van der Waals surface area contributed by atoms with Gasteiger partial charge in [0.05, 0.1) is 5.60 Å². The van der Waals surface area contributed by atoms with E-state index >= 15 is 0 Å². The van der Waals surface area contributed by atoms with Gasteiger partial charge in [-0.2, -0.15) is 0 Å². The molecular weight excluding hydrogens is 168 g/mol. The summed E-state index contributed by atoms with van der Waals surface area (Å²) in [5.41, 5.74) is -0.164. The largest absolute Gasteiger partial charge is 0.330 e. The van der Waals surface area contributed by atoms with Crippen LogP contribution in [0.15, 0.2) is 0 Å². The van der Waals surface area contributed by atoms with Crippen LogP contribution >= 0.6 is 0 Å². The summed E-state index contributed by atoms with van der Waals surface area (Å²) in [7, 11) is 1.92. The number of nitrogens with one attached hydrogen (secondary N) is 2. The van der Waals surface area contributed by atoms with E-state index in [1.54, 1.807) is 0 Å². The summed E-state index contributed by atoms with van der Waals surface area (Å²) in [6, 6.07) is 0. The molecule has 1 unspecified atom stereocenters. The Kier molecular flexibility index (Phi) is 3.29. The third-order valence-corrected chi connectivity index (χ3v) is 1.65. The van der Waals surface area contributed by atoms with Gasteiger partial charge in [-0.05, 0) is 27.8 Å². The minimum absolute atomic E-state index is 0.164. The highest BCUT2D eigenvalue weighted by atomic mass is 16.8. The number of epoxide rings is 1. The summed E-state index contributed by atoms with van der Waals surface area (Å²) < 4.78 is 11.0. The second-order valence-corrected chi connectivity index (χ2v) is 4.29. The molecular formula is C9H20N2O2. The van der Waals surface area contributed by atoms with Gasteiger partial charge in [0.1, 0.15) is 6.61 Å². The highest BCUT2D eigenvalue weighted by Gasteiger charge is 2.48. The van der Waals surface area contributed by atoms with Crippen molar-refractivity contribution in [3.8, 4) is 0 Å². The van der Waals surface area contributed by atoms with Gasteiger partial charge in [-0.3, -0.25) is 5.32 Å². The van der Waals surface area contributed by atoms with E-state index in [0.29, 0.717) is 6.61 Å². The van der Waals surface area contributed by atoms with Crippen LogP contribution < -0.4 is 10.6 Å². The lowest BCUT2D eigenvalue weighted by Gasteiger charge is -2.25. The fourth-order valence-corrected chi connectivity index (χ4v) is 1.14. The fourth-order valence-electron chi connectivity index (χ4n) is 1.14. The van der Waals surface area contributed by atoms with Gasteiger partial charge in [0, 0.05) is 13.1 Å². The van der Waals surface area contributed by atoms with Crippen molar-refractivity contribution in [3.63, 3.8) is 0 Å². The first-order valence-corrected chi connectivity index (χ1v) is 4.71. The molecule has 1 rings (SSSR count). The quantitative estimate of drug-likeness (QED) is 0.370. The van der Waals surface area contributed by atoms with Gasteiger partial charge in [0.15, 0.2) is 0 Å². The van der Waals surface area contributed by atoms with Crippen molar-refractivity contribution in [3.05, 3.63) is 0 Å². The molecule has 2 N–H and O–H groups in total. The monoisotopic (exact) mass is 188 g/mol. The summed E-state index contributed by atoms with van der Waals surface area (Å²) in [5, 5.41) is 6.28. The summed E-state index contributed by atoms with van der Waals surface area (Å²) in [6.45, 7) is 8.49. The van der Waals surface area contributed by atoms with Crippen molar-refractivity contribution in [2.24, 2.45) is 0 Å². The zero-order valence-electron chi connectivity index (χ0n) is 8.94. The van der Waals surface area contributed by atoms with E-state index in [-0.39, 0.29) is 5.60 Å². The molecule has 4 nitrogen and oxygen atoms in total. The minimum atomic E-state index is -0.505. The number of hydrogen-bond acceptors (Lipinski definition) is 4. The predicted octanol–water partition coefficient (Wildman–Crippen LogP) is 0.295. The van der Waals surface area contributed by atoms with Gasteiger partial charge in [-0.15, -0.1) is 0 Å². The average Bonchev–Trinajstić information content (AvgIpc) is 2.66. The highest BCUT2D eigenvalue weighted by Crippen LogP contribution is 2.29. The lowest BCUT2D eigenvalue weighted by Crippen LogP contribution is -2.44. The maximum Gasteiger partial charge on any atom is 0.253 e. The number of hydrogen-bond donors (Lipinski definition) is 2. The zero-order chi connectivity index (χ0) is 9.95. The van der Waals surface area contributed by atoms with E-state index in [0.717, 1.165) is 13.1 Å². The Morgan fingerprint density at radius 3 is 2.38 bits per heavy atom. The average molecular weight is 188 g/mol. The third kappa shape index (κ3) is 4.04. The minimum Gasteiger partial charge on any atom is -0.330 e. The van der Waals surface area contributed by atoms with Gasteiger partial charge in [0.2, 0.25) is 0 Å². The normalized spacial score (nSPS) is 27.7. The maximum atomic E-state index is 5.72. The Hall–Kier alpha value is -0.160. The Labute approximate surface area is 80.0 Å². The van der Waals surface area contributed by atoms with Crippen LogP contribution in [0.25, 0.3) is 0 Å². The molecule has 4 heteroatoms. The van der Waals surface area contributed by atoms with Crippen LogP contribution in [-0.4, -0.2) is 38.3 Å². The van der Waals surface area contributed by atoms with Crippen LogP contribution in [-0.2, 0) is 9.47 Å². The highest BCUT2D eigenvalue weighted by molar-refractivity contribution is 4.82. The van der Waals surface area contributed by atoms with Crippen molar-refractivity contribution in [2.75, 3.05) is 26.7 Å². The van der Waals surface area contributed by atoms with Gasteiger partial charge in [0.25, 0.3) is 5.91 Å². The van der Waals surface area contributed by atoms with Gasteiger partial charge >= 0.3 is 0 Å². The summed E-state index contributed by atoms with van der Waals surface area (Å²) in [5.74, 6) is -0.505. The topological polar surface area (TPSA) is 45.8 Å². The molecule has 0 aliphatic carbocycles. The molecule has 0 spiro atoms. The number of ether oxygens (including phenoxy) is 2. The second kappa shape index (κ2) is 3.92. The molecule has 1 fully saturated rings. The Morgan fingerprint density at radius 2 is 2.00 bits per heavy atom. The fraction of sp³-hybridized carbons (Fsp3) is 1.00.